The standard InChI is InChI=1S/C17H17ClN2O2S/c1-11(9-13-5-4-8-23-13)16(21)19-12-6-7-14(15(18)10-12)17(22)20(2)3/h4-10H,1-3H3,(H,19,21)/b11-9+. The number of nitrogens with zero attached hydrogens (tertiary/aromatic N) is 1. The van der Waals surface area contributed by atoms with Gasteiger partial charge in [-0.25, -0.2) is 0 Å². The van der Waals surface area contributed by atoms with Crippen molar-refractivity contribution in [1.82, 2.24) is 4.90 Å². The molecule has 1 aromatic carbocycles. The minimum atomic E-state index is -0.207. The molecule has 23 heavy (non-hydrogen) atoms. The summed E-state index contributed by atoms with van der Waals surface area (Å²) in [6.45, 7) is 1.75. The summed E-state index contributed by atoms with van der Waals surface area (Å²) < 4.78 is 0. The Kier molecular flexibility index (Phi) is 5.58. The topological polar surface area (TPSA) is 49.4 Å². The Bertz CT molecular complexity index is 752. The molecular formula is C17H17ClN2O2S. The number of amides is 2. The largest absolute Gasteiger partial charge is 0.345 e. The first-order chi connectivity index (χ1) is 10.9. The molecule has 2 amide bonds. The Balaban J connectivity index is 2.13. The van der Waals surface area contributed by atoms with Gasteiger partial charge in [-0.05, 0) is 42.6 Å². The Labute approximate surface area is 144 Å². The van der Waals surface area contributed by atoms with Crippen molar-refractivity contribution in [2.45, 2.75) is 6.92 Å². The highest BCUT2D eigenvalue weighted by Gasteiger charge is 2.13. The summed E-state index contributed by atoms with van der Waals surface area (Å²) in [5, 5.41) is 5.04. The quantitative estimate of drug-likeness (QED) is 0.844. The highest BCUT2D eigenvalue weighted by atomic mass is 35.5. The van der Waals surface area contributed by atoms with Crippen LogP contribution in [0.1, 0.15) is 22.2 Å². The monoisotopic (exact) mass is 348 g/mol. The van der Waals surface area contributed by atoms with Crippen LogP contribution in [0, 0.1) is 0 Å². The number of carbonyl (C=O) groups excluding carboxylic acids is 2. The van der Waals surface area contributed by atoms with Gasteiger partial charge in [-0.2, -0.15) is 0 Å². The number of hydrogen-bond donors (Lipinski definition) is 1. The van der Waals surface area contributed by atoms with Crippen molar-refractivity contribution in [3.05, 3.63) is 56.7 Å². The normalized spacial score (nSPS) is 11.2. The van der Waals surface area contributed by atoms with Crippen LogP contribution in [0.2, 0.25) is 5.02 Å². The van der Waals surface area contributed by atoms with E-state index >= 15 is 0 Å². The summed E-state index contributed by atoms with van der Waals surface area (Å²) in [6.07, 6.45) is 1.82. The summed E-state index contributed by atoms with van der Waals surface area (Å²) in [5.74, 6) is -0.386. The Morgan fingerprint density at radius 3 is 2.57 bits per heavy atom. The first-order valence-electron chi connectivity index (χ1n) is 6.93. The van der Waals surface area contributed by atoms with Crippen molar-refractivity contribution in [3.8, 4) is 0 Å². The van der Waals surface area contributed by atoms with Crippen LogP contribution in [-0.2, 0) is 4.79 Å². The lowest BCUT2D eigenvalue weighted by Gasteiger charge is -2.13. The van der Waals surface area contributed by atoms with E-state index in [2.05, 4.69) is 5.32 Å². The molecule has 0 atom stereocenters. The lowest BCUT2D eigenvalue weighted by molar-refractivity contribution is -0.112. The van der Waals surface area contributed by atoms with E-state index in [0.29, 0.717) is 21.8 Å². The zero-order valence-corrected chi connectivity index (χ0v) is 14.7. The van der Waals surface area contributed by atoms with E-state index in [9.17, 15) is 9.59 Å². The SMILES string of the molecule is C/C(=C\c1cccs1)C(=O)Nc1ccc(C(=O)N(C)C)c(Cl)c1. The first-order valence-corrected chi connectivity index (χ1v) is 8.18. The highest BCUT2D eigenvalue weighted by molar-refractivity contribution is 7.10. The molecule has 0 radical (unpaired) electrons. The number of carbonyl (C=O) groups is 2. The van der Waals surface area contributed by atoms with E-state index in [1.165, 1.54) is 4.90 Å². The van der Waals surface area contributed by atoms with Gasteiger partial charge in [-0.1, -0.05) is 17.7 Å². The van der Waals surface area contributed by atoms with Crippen molar-refractivity contribution >= 4 is 46.5 Å². The number of anilines is 1. The molecule has 0 unspecified atom stereocenters. The molecule has 0 spiro atoms. The van der Waals surface area contributed by atoms with E-state index in [1.807, 2.05) is 23.6 Å². The van der Waals surface area contributed by atoms with Gasteiger partial charge in [0.05, 0.1) is 10.6 Å². The van der Waals surface area contributed by atoms with Crippen LogP contribution < -0.4 is 5.32 Å². The molecule has 0 aliphatic heterocycles. The number of hydrogen-bond acceptors (Lipinski definition) is 3. The third-order valence-corrected chi connectivity index (χ3v) is 4.26. The third-order valence-electron chi connectivity index (χ3n) is 3.12. The molecule has 0 aliphatic rings. The molecule has 1 heterocycles. The van der Waals surface area contributed by atoms with E-state index in [0.717, 1.165) is 4.88 Å². The molecule has 2 aromatic rings. The summed E-state index contributed by atoms with van der Waals surface area (Å²) in [4.78, 5) is 26.6. The van der Waals surface area contributed by atoms with Gasteiger partial charge in [0.15, 0.2) is 0 Å². The van der Waals surface area contributed by atoms with Crippen LogP contribution in [0.5, 0.6) is 0 Å². The number of nitrogens with one attached hydrogen (secondary N) is 1. The molecule has 6 heteroatoms. The smallest absolute Gasteiger partial charge is 0.254 e. The predicted octanol–water partition coefficient (Wildman–Crippen LogP) is 4.15. The molecule has 0 saturated heterocycles. The Morgan fingerprint density at radius 2 is 2.00 bits per heavy atom. The first kappa shape index (κ1) is 17.2. The lowest BCUT2D eigenvalue weighted by atomic mass is 10.1. The van der Waals surface area contributed by atoms with Crippen LogP contribution in [0.4, 0.5) is 5.69 Å². The maximum Gasteiger partial charge on any atom is 0.254 e. The van der Waals surface area contributed by atoms with Crippen molar-refractivity contribution in [2.24, 2.45) is 0 Å². The van der Waals surface area contributed by atoms with Crippen molar-refractivity contribution in [2.75, 3.05) is 19.4 Å². The fraction of sp³-hybridized carbons (Fsp3) is 0.176. The maximum atomic E-state index is 12.2. The molecule has 0 aliphatic carbocycles. The second-order valence-corrected chi connectivity index (χ2v) is 6.58. The number of benzene rings is 1. The molecule has 0 fully saturated rings. The predicted molar refractivity (Wildman–Crippen MR) is 96.1 cm³/mol. The second kappa shape index (κ2) is 7.44. The molecule has 0 saturated carbocycles. The summed E-state index contributed by atoms with van der Waals surface area (Å²) in [7, 11) is 3.32. The van der Waals surface area contributed by atoms with Crippen molar-refractivity contribution < 1.29 is 9.59 Å². The van der Waals surface area contributed by atoms with Crippen LogP contribution >= 0.6 is 22.9 Å². The van der Waals surface area contributed by atoms with E-state index in [4.69, 9.17) is 11.6 Å². The van der Waals surface area contributed by atoms with Gasteiger partial charge in [-0.15, -0.1) is 11.3 Å². The molecule has 2 rings (SSSR count). The second-order valence-electron chi connectivity index (χ2n) is 5.19. The zero-order valence-electron chi connectivity index (χ0n) is 13.1. The molecule has 120 valence electrons. The fourth-order valence-corrected chi connectivity index (χ4v) is 2.87. The minimum absolute atomic E-state index is 0.179. The molecule has 0 bridgehead atoms. The summed E-state index contributed by atoms with van der Waals surface area (Å²) in [6, 6.07) is 8.73. The van der Waals surface area contributed by atoms with Crippen LogP contribution in [-0.4, -0.2) is 30.8 Å². The van der Waals surface area contributed by atoms with Gasteiger partial charge < -0.3 is 10.2 Å². The Morgan fingerprint density at radius 1 is 1.26 bits per heavy atom. The molecule has 1 aromatic heterocycles. The van der Waals surface area contributed by atoms with E-state index in [1.54, 1.807) is 50.6 Å². The molecule has 4 nitrogen and oxygen atoms in total. The van der Waals surface area contributed by atoms with Gasteiger partial charge >= 0.3 is 0 Å². The molecule has 1 N–H and O–H groups in total. The van der Waals surface area contributed by atoms with E-state index < -0.39 is 0 Å². The van der Waals surface area contributed by atoms with Gasteiger partial charge in [0.1, 0.15) is 0 Å². The zero-order chi connectivity index (χ0) is 17.0. The average Bonchev–Trinajstić information content (AvgIpc) is 2.99. The van der Waals surface area contributed by atoms with Crippen molar-refractivity contribution in [1.29, 1.82) is 0 Å². The number of rotatable bonds is 4. The minimum Gasteiger partial charge on any atom is -0.345 e. The maximum absolute atomic E-state index is 12.2. The number of halogens is 1. The van der Waals surface area contributed by atoms with E-state index in [-0.39, 0.29) is 11.8 Å². The van der Waals surface area contributed by atoms with Crippen LogP contribution in [0.25, 0.3) is 6.08 Å². The van der Waals surface area contributed by atoms with Gasteiger partial charge in [0.25, 0.3) is 11.8 Å². The van der Waals surface area contributed by atoms with Crippen LogP contribution in [0.15, 0.2) is 41.3 Å². The van der Waals surface area contributed by atoms with Gasteiger partial charge in [-0.3, -0.25) is 9.59 Å². The highest BCUT2D eigenvalue weighted by Crippen LogP contribution is 2.22. The summed E-state index contributed by atoms with van der Waals surface area (Å²) >= 11 is 7.70. The van der Waals surface area contributed by atoms with Gasteiger partial charge in [0.2, 0.25) is 0 Å². The lowest BCUT2D eigenvalue weighted by Crippen LogP contribution is -2.22. The third kappa shape index (κ3) is 4.43. The Hall–Kier alpha value is -2.11. The fourth-order valence-electron chi connectivity index (χ4n) is 1.89. The summed E-state index contributed by atoms with van der Waals surface area (Å²) in [5.41, 5.74) is 1.55. The number of thiophene rings is 1. The van der Waals surface area contributed by atoms with Crippen molar-refractivity contribution in [3.63, 3.8) is 0 Å². The van der Waals surface area contributed by atoms with Gasteiger partial charge in [0, 0.05) is 30.2 Å². The van der Waals surface area contributed by atoms with Crippen LogP contribution in [0.3, 0.4) is 0 Å². The average molecular weight is 349 g/mol. The molecular weight excluding hydrogens is 332 g/mol.